The zero-order valence-electron chi connectivity index (χ0n) is 18.9. The molecule has 0 saturated carbocycles. The molecular formula is C25H33N5O2. The van der Waals surface area contributed by atoms with Gasteiger partial charge in [0.25, 0.3) is 5.91 Å². The number of hydrogen-bond acceptors (Lipinski definition) is 6. The van der Waals surface area contributed by atoms with Gasteiger partial charge in [-0.2, -0.15) is 0 Å². The normalized spacial score (nSPS) is 24.0. The van der Waals surface area contributed by atoms with Gasteiger partial charge in [0.2, 0.25) is 0 Å². The Morgan fingerprint density at radius 1 is 1.03 bits per heavy atom. The SMILES string of the molecule is Cc1ccc(C(=O)N2CCC3(CC2)C[C@H](N2CCN(c4ccccn4)CC2)CCO3)cn1. The van der Waals surface area contributed by atoms with Crippen molar-refractivity contribution in [1.82, 2.24) is 19.8 Å². The first-order valence-corrected chi connectivity index (χ1v) is 11.9. The van der Waals surface area contributed by atoms with Crippen molar-refractivity contribution < 1.29 is 9.53 Å². The molecule has 170 valence electrons. The van der Waals surface area contributed by atoms with Gasteiger partial charge in [-0.25, -0.2) is 4.98 Å². The van der Waals surface area contributed by atoms with E-state index in [1.165, 1.54) is 0 Å². The molecule has 2 aromatic rings. The number of likely N-dealkylation sites (tertiary alicyclic amines) is 1. The number of pyridine rings is 2. The lowest BCUT2D eigenvalue weighted by atomic mass is 9.81. The van der Waals surface area contributed by atoms with Crippen LogP contribution in [-0.2, 0) is 4.74 Å². The number of ether oxygens (including phenoxy) is 1. The van der Waals surface area contributed by atoms with E-state index in [9.17, 15) is 4.79 Å². The third-order valence-corrected chi connectivity index (χ3v) is 7.39. The Labute approximate surface area is 190 Å². The average Bonchev–Trinajstić information content (AvgIpc) is 2.85. The minimum Gasteiger partial charge on any atom is -0.375 e. The highest BCUT2D eigenvalue weighted by Gasteiger charge is 2.43. The number of hydrogen-bond donors (Lipinski definition) is 0. The Morgan fingerprint density at radius 3 is 2.53 bits per heavy atom. The summed E-state index contributed by atoms with van der Waals surface area (Å²) < 4.78 is 6.37. The van der Waals surface area contributed by atoms with Gasteiger partial charge in [0.15, 0.2) is 0 Å². The minimum absolute atomic E-state index is 0.0800. The summed E-state index contributed by atoms with van der Waals surface area (Å²) >= 11 is 0. The van der Waals surface area contributed by atoms with Gasteiger partial charge in [0, 0.05) is 70.0 Å². The molecule has 32 heavy (non-hydrogen) atoms. The predicted molar refractivity (Wildman–Crippen MR) is 124 cm³/mol. The molecule has 3 aliphatic heterocycles. The molecule has 3 aliphatic rings. The van der Waals surface area contributed by atoms with Crippen molar-refractivity contribution >= 4 is 11.7 Å². The summed E-state index contributed by atoms with van der Waals surface area (Å²) in [7, 11) is 0. The molecule has 1 spiro atoms. The molecule has 0 unspecified atom stereocenters. The first-order chi connectivity index (χ1) is 15.6. The largest absolute Gasteiger partial charge is 0.375 e. The van der Waals surface area contributed by atoms with Crippen LogP contribution in [0.1, 0.15) is 41.7 Å². The van der Waals surface area contributed by atoms with Gasteiger partial charge in [-0.1, -0.05) is 6.07 Å². The first-order valence-electron chi connectivity index (χ1n) is 11.9. The van der Waals surface area contributed by atoms with Crippen molar-refractivity contribution in [2.45, 2.75) is 44.2 Å². The van der Waals surface area contributed by atoms with E-state index in [1.807, 2.05) is 36.2 Å². The van der Waals surface area contributed by atoms with Crippen molar-refractivity contribution in [3.05, 3.63) is 54.0 Å². The number of aromatic nitrogens is 2. The van der Waals surface area contributed by atoms with E-state index in [-0.39, 0.29) is 11.5 Å². The topological polar surface area (TPSA) is 61.8 Å². The van der Waals surface area contributed by atoms with Crippen LogP contribution >= 0.6 is 0 Å². The van der Waals surface area contributed by atoms with Crippen LogP contribution in [0, 0.1) is 6.92 Å². The predicted octanol–water partition coefficient (Wildman–Crippen LogP) is 2.76. The number of nitrogens with zero attached hydrogens (tertiary/aromatic N) is 5. The maximum Gasteiger partial charge on any atom is 0.255 e. The third-order valence-electron chi connectivity index (χ3n) is 7.39. The Kier molecular flexibility index (Phi) is 6.11. The van der Waals surface area contributed by atoms with E-state index in [0.29, 0.717) is 11.6 Å². The van der Waals surface area contributed by atoms with Gasteiger partial charge < -0.3 is 14.5 Å². The fourth-order valence-corrected chi connectivity index (χ4v) is 5.41. The molecule has 0 aromatic carbocycles. The molecular weight excluding hydrogens is 402 g/mol. The van der Waals surface area contributed by atoms with E-state index in [2.05, 4.69) is 31.9 Å². The number of carbonyl (C=O) groups excluding carboxylic acids is 1. The number of piperazine rings is 1. The number of carbonyl (C=O) groups is 1. The van der Waals surface area contributed by atoms with E-state index in [4.69, 9.17) is 4.74 Å². The van der Waals surface area contributed by atoms with Gasteiger partial charge in [-0.3, -0.25) is 14.7 Å². The standard InChI is InChI=1S/C25H33N5O2/c1-20-5-6-21(19-27-20)24(31)30-11-8-25(9-12-30)18-22(7-17-32-25)28-13-15-29(16-14-28)23-4-2-3-10-26-23/h2-6,10,19,22H,7-9,11-18H2,1H3/t22-/m1/s1. The zero-order chi connectivity index (χ0) is 22.0. The molecule has 3 fully saturated rings. The molecule has 0 radical (unpaired) electrons. The van der Waals surface area contributed by atoms with E-state index in [1.54, 1.807) is 6.20 Å². The minimum atomic E-state index is -0.0800. The van der Waals surface area contributed by atoms with E-state index < -0.39 is 0 Å². The quantitative estimate of drug-likeness (QED) is 0.739. The fourth-order valence-electron chi connectivity index (χ4n) is 5.41. The van der Waals surface area contributed by atoms with Gasteiger partial charge in [0.05, 0.1) is 11.2 Å². The molecule has 5 rings (SSSR count). The molecule has 7 nitrogen and oxygen atoms in total. The highest BCUT2D eigenvalue weighted by atomic mass is 16.5. The lowest BCUT2D eigenvalue weighted by molar-refractivity contribution is -0.130. The summed E-state index contributed by atoms with van der Waals surface area (Å²) in [4.78, 5) is 28.7. The van der Waals surface area contributed by atoms with Gasteiger partial charge in [-0.05, 0) is 56.9 Å². The Bertz CT molecular complexity index is 904. The third kappa shape index (κ3) is 4.50. The van der Waals surface area contributed by atoms with Crippen molar-refractivity contribution in [2.75, 3.05) is 50.8 Å². The summed E-state index contributed by atoms with van der Waals surface area (Å²) in [5.74, 6) is 1.17. The maximum atomic E-state index is 12.9. The number of piperidine rings is 1. The van der Waals surface area contributed by atoms with Crippen LogP contribution in [-0.4, -0.2) is 83.2 Å². The number of anilines is 1. The molecule has 5 heterocycles. The smallest absolute Gasteiger partial charge is 0.255 e. The second-order valence-corrected chi connectivity index (χ2v) is 9.37. The van der Waals surface area contributed by atoms with E-state index >= 15 is 0 Å². The molecule has 3 saturated heterocycles. The van der Waals surface area contributed by atoms with E-state index in [0.717, 1.165) is 83.1 Å². The molecule has 7 heteroatoms. The summed E-state index contributed by atoms with van der Waals surface area (Å²) in [6.07, 6.45) is 7.58. The summed E-state index contributed by atoms with van der Waals surface area (Å²) in [5, 5.41) is 0. The molecule has 0 bridgehead atoms. The first kappa shape index (κ1) is 21.3. The maximum absolute atomic E-state index is 12.9. The van der Waals surface area contributed by atoms with Gasteiger partial charge in [0.1, 0.15) is 5.82 Å². The summed E-state index contributed by atoms with van der Waals surface area (Å²) in [6.45, 7) is 8.46. The number of rotatable bonds is 3. The number of amides is 1. The van der Waals surface area contributed by atoms with Crippen LogP contribution < -0.4 is 4.90 Å². The highest BCUT2D eigenvalue weighted by Crippen LogP contribution is 2.37. The van der Waals surface area contributed by atoms with Crippen molar-refractivity contribution in [3.63, 3.8) is 0 Å². The van der Waals surface area contributed by atoms with Crippen LogP contribution in [0.2, 0.25) is 0 Å². The molecule has 0 N–H and O–H groups in total. The zero-order valence-corrected chi connectivity index (χ0v) is 18.9. The van der Waals surface area contributed by atoms with Gasteiger partial charge in [-0.15, -0.1) is 0 Å². The lowest BCUT2D eigenvalue weighted by Crippen LogP contribution is -2.57. The Balaban J connectivity index is 1.15. The van der Waals surface area contributed by atoms with Crippen molar-refractivity contribution in [3.8, 4) is 0 Å². The molecule has 1 atom stereocenters. The van der Waals surface area contributed by atoms with Crippen LogP contribution in [0.5, 0.6) is 0 Å². The van der Waals surface area contributed by atoms with Crippen LogP contribution in [0.4, 0.5) is 5.82 Å². The van der Waals surface area contributed by atoms with Crippen LogP contribution in [0.15, 0.2) is 42.7 Å². The number of aryl methyl sites for hydroxylation is 1. The second-order valence-electron chi connectivity index (χ2n) is 9.37. The molecule has 2 aromatic heterocycles. The summed E-state index contributed by atoms with van der Waals surface area (Å²) in [5.41, 5.74) is 1.53. The highest BCUT2D eigenvalue weighted by molar-refractivity contribution is 5.94. The average molecular weight is 436 g/mol. The fraction of sp³-hybridized carbons (Fsp3) is 0.560. The molecule has 1 amide bonds. The lowest BCUT2D eigenvalue weighted by Gasteiger charge is -2.49. The van der Waals surface area contributed by atoms with Crippen molar-refractivity contribution in [1.29, 1.82) is 0 Å². The van der Waals surface area contributed by atoms with Crippen LogP contribution in [0.3, 0.4) is 0 Å². The van der Waals surface area contributed by atoms with Gasteiger partial charge >= 0.3 is 0 Å². The van der Waals surface area contributed by atoms with Crippen molar-refractivity contribution in [2.24, 2.45) is 0 Å². The molecule has 0 aliphatic carbocycles. The second kappa shape index (κ2) is 9.16. The van der Waals surface area contributed by atoms with Crippen LogP contribution in [0.25, 0.3) is 0 Å². The Hall–Kier alpha value is -2.51. The monoisotopic (exact) mass is 435 g/mol. The summed E-state index contributed by atoms with van der Waals surface area (Å²) in [6, 6.07) is 10.5. The Morgan fingerprint density at radius 2 is 1.84 bits per heavy atom.